The van der Waals surface area contributed by atoms with Crippen molar-refractivity contribution in [3.05, 3.63) is 72.6 Å². The molecule has 37 heavy (non-hydrogen) atoms. The van der Waals surface area contributed by atoms with Gasteiger partial charge in [-0.25, -0.2) is 9.37 Å². The van der Waals surface area contributed by atoms with Gasteiger partial charge in [0, 0.05) is 45.5 Å². The van der Waals surface area contributed by atoms with E-state index in [1.165, 1.54) is 31.2 Å². The average Bonchev–Trinajstić information content (AvgIpc) is 3.34. The molecule has 1 saturated heterocycles. The fraction of sp³-hybridized carbons (Fsp3) is 0.407. The Morgan fingerprint density at radius 1 is 1.11 bits per heavy atom. The number of carbonyl (C=O) groups excluding carboxylic acids is 1. The van der Waals surface area contributed by atoms with Gasteiger partial charge in [-0.05, 0) is 42.0 Å². The van der Waals surface area contributed by atoms with Gasteiger partial charge in [0.1, 0.15) is 30.4 Å². The van der Waals surface area contributed by atoms with Crippen LogP contribution in [0.3, 0.4) is 0 Å². The number of hydrogen-bond donors (Lipinski definition) is 1. The van der Waals surface area contributed by atoms with Crippen LogP contribution in [0.5, 0.6) is 17.2 Å². The topological polar surface area (TPSA) is 89.3 Å². The fourth-order valence-corrected chi connectivity index (χ4v) is 4.35. The first kappa shape index (κ1) is 26.4. The highest BCUT2D eigenvalue weighted by atomic mass is 19.1. The van der Waals surface area contributed by atoms with Crippen LogP contribution in [0.15, 0.2) is 61.2 Å². The van der Waals surface area contributed by atoms with Gasteiger partial charge in [0.15, 0.2) is 11.5 Å². The average molecular weight is 513 g/mol. The van der Waals surface area contributed by atoms with Gasteiger partial charge < -0.3 is 28.8 Å². The van der Waals surface area contributed by atoms with Crippen LogP contribution in [0.4, 0.5) is 4.39 Å². The van der Waals surface area contributed by atoms with Crippen molar-refractivity contribution in [1.29, 1.82) is 0 Å². The number of carbonyl (C=O) groups is 1. The van der Waals surface area contributed by atoms with Crippen LogP contribution in [0.1, 0.15) is 12.5 Å². The van der Waals surface area contributed by atoms with Crippen LogP contribution in [-0.4, -0.2) is 82.5 Å². The third-order valence-electron chi connectivity index (χ3n) is 6.26. The second-order valence-electron chi connectivity index (χ2n) is 9.25. The number of aromatic nitrogens is 2. The number of imidazole rings is 1. The zero-order valence-electron chi connectivity index (χ0n) is 21.2. The molecule has 1 aromatic heterocycles. The molecule has 198 valence electrons. The largest absolute Gasteiger partial charge is 0.493 e. The fourth-order valence-electron chi connectivity index (χ4n) is 4.35. The van der Waals surface area contributed by atoms with Crippen LogP contribution in [0.25, 0.3) is 0 Å². The lowest BCUT2D eigenvalue weighted by Gasteiger charge is -2.32. The summed E-state index contributed by atoms with van der Waals surface area (Å²) in [5.41, 5.74) is -0.325. The van der Waals surface area contributed by atoms with Gasteiger partial charge in [-0.15, -0.1) is 0 Å². The molecule has 9 nitrogen and oxygen atoms in total. The molecule has 1 amide bonds. The maximum atomic E-state index is 13.2. The van der Waals surface area contributed by atoms with Crippen molar-refractivity contribution >= 4 is 5.91 Å². The molecular weight excluding hydrogens is 479 g/mol. The monoisotopic (exact) mass is 512 g/mol. The van der Waals surface area contributed by atoms with Crippen LogP contribution in [0, 0.1) is 5.82 Å². The zero-order chi connectivity index (χ0) is 26.3. The number of rotatable bonds is 10. The summed E-state index contributed by atoms with van der Waals surface area (Å²) in [7, 11) is 1.60. The summed E-state index contributed by atoms with van der Waals surface area (Å²) >= 11 is 0. The van der Waals surface area contributed by atoms with Crippen molar-refractivity contribution in [2.75, 3.05) is 46.5 Å². The number of ether oxygens (including phenoxy) is 3. The highest BCUT2D eigenvalue weighted by molar-refractivity contribution is 5.73. The van der Waals surface area contributed by atoms with E-state index in [-0.39, 0.29) is 24.9 Å². The molecule has 0 radical (unpaired) electrons. The normalized spacial score (nSPS) is 18.3. The van der Waals surface area contributed by atoms with Gasteiger partial charge in [-0.3, -0.25) is 9.69 Å². The lowest BCUT2D eigenvalue weighted by Crippen LogP contribution is -2.51. The summed E-state index contributed by atoms with van der Waals surface area (Å²) in [6.07, 6.45) is 5.35. The number of β-amino-alcohol motifs (C(OH)–C–C–N with tert-alkyl or cyclic N) is 1. The number of aliphatic hydroxyl groups is 1. The van der Waals surface area contributed by atoms with Gasteiger partial charge in [-0.2, -0.15) is 0 Å². The molecule has 0 aliphatic carbocycles. The number of methoxy groups -OCH3 is 1. The van der Waals surface area contributed by atoms with E-state index in [4.69, 9.17) is 14.2 Å². The summed E-state index contributed by atoms with van der Waals surface area (Å²) in [5.74, 6) is 1.25. The Balaban J connectivity index is 1.42. The molecule has 1 aliphatic heterocycles. The van der Waals surface area contributed by atoms with Gasteiger partial charge in [0.05, 0.1) is 26.5 Å². The zero-order valence-corrected chi connectivity index (χ0v) is 21.2. The molecule has 0 spiro atoms. The van der Waals surface area contributed by atoms with Gasteiger partial charge >= 0.3 is 0 Å². The predicted octanol–water partition coefficient (Wildman–Crippen LogP) is 2.58. The molecule has 2 heterocycles. The Kier molecular flexibility index (Phi) is 8.62. The Labute approximate surface area is 216 Å². The van der Waals surface area contributed by atoms with Crippen LogP contribution < -0.4 is 14.2 Å². The maximum Gasteiger partial charge on any atom is 0.219 e. The molecule has 0 saturated carbocycles. The van der Waals surface area contributed by atoms with Crippen molar-refractivity contribution in [3.8, 4) is 17.2 Å². The van der Waals surface area contributed by atoms with Crippen molar-refractivity contribution in [2.24, 2.45) is 0 Å². The van der Waals surface area contributed by atoms with E-state index in [0.717, 1.165) is 5.56 Å². The second kappa shape index (κ2) is 12.1. The minimum Gasteiger partial charge on any atom is -0.493 e. The number of hydrogen-bond acceptors (Lipinski definition) is 7. The van der Waals surface area contributed by atoms with E-state index >= 15 is 0 Å². The Hall–Kier alpha value is -3.63. The van der Waals surface area contributed by atoms with Gasteiger partial charge in [0.2, 0.25) is 5.91 Å². The molecule has 4 rings (SSSR count). The molecule has 3 aromatic rings. The van der Waals surface area contributed by atoms with E-state index in [0.29, 0.717) is 56.6 Å². The Morgan fingerprint density at radius 2 is 1.92 bits per heavy atom. The lowest BCUT2D eigenvalue weighted by atomic mass is 10.0. The summed E-state index contributed by atoms with van der Waals surface area (Å²) in [5, 5.41) is 11.5. The van der Waals surface area contributed by atoms with Gasteiger partial charge in [-0.1, -0.05) is 6.07 Å². The Morgan fingerprint density at radius 3 is 2.62 bits per heavy atom. The van der Waals surface area contributed by atoms with E-state index in [2.05, 4.69) is 9.88 Å². The standard InChI is InChI=1S/C27H33FN4O5/c1-21(33)32-12-11-31(17-27(34,18-32)19-37-24-6-4-23(28)5-7-24)16-22-3-8-25(26(15-22)35-2)36-14-13-30-10-9-29-20-30/h3-10,15,20,34H,11-14,16-19H2,1-2H3/t27-/m1/s1. The third-order valence-corrected chi connectivity index (χ3v) is 6.26. The van der Waals surface area contributed by atoms with E-state index < -0.39 is 5.60 Å². The Bertz CT molecular complexity index is 1160. The molecule has 0 bridgehead atoms. The molecule has 0 unspecified atom stereocenters. The van der Waals surface area contributed by atoms with Crippen LogP contribution in [0.2, 0.25) is 0 Å². The smallest absolute Gasteiger partial charge is 0.219 e. The van der Waals surface area contributed by atoms with Crippen LogP contribution in [-0.2, 0) is 17.9 Å². The number of halogens is 1. The molecule has 1 fully saturated rings. The van der Waals surface area contributed by atoms with Crippen molar-refractivity contribution in [2.45, 2.75) is 25.6 Å². The maximum absolute atomic E-state index is 13.2. The highest BCUT2D eigenvalue weighted by Crippen LogP contribution is 2.29. The summed E-state index contributed by atoms with van der Waals surface area (Å²) < 4.78 is 32.4. The van der Waals surface area contributed by atoms with E-state index in [1.807, 2.05) is 29.0 Å². The first-order valence-electron chi connectivity index (χ1n) is 12.2. The lowest BCUT2D eigenvalue weighted by molar-refractivity contribution is -0.132. The number of amides is 1. The summed E-state index contributed by atoms with van der Waals surface area (Å²) in [6.45, 7) is 4.65. The minimum absolute atomic E-state index is 0.0358. The molecule has 2 aromatic carbocycles. The quantitative estimate of drug-likeness (QED) is 0.447. The summed E-state index contributed by atoms with van der Waals surface area (Å²) in [6, 6.07) is 11.4. The second-order valence-corrected chi connectivity index (χ2v) is 9.25. The van der Waals surface area contributed by atoms with Crippen molar-refractivity contribution < 1.29 is 28.5 Å². The molecule has 1 aliphatic rings. The number of nitrogens with zero attached hydrogens (tertiary/aromatic N) is 4. The van der Waals surface area contributed by atoms with E-state index in [9.17, 15) is 14.3 Å². The predicted molar refractivity (Wildman–Crippen MR) is 135 cm³/mol. The van der Waals surface area contributed by atoms with E-state index in [1.54, 1.807) is 24.5 Å². The minimum atomic E-state index is -1.31. The highest BCUT2D eigenvalue weighted by Gasteiger charge is 2.37. The van der Waals surface area contributed by atoms with Crippen molar-refractivity contribution in [3.63, 3.8) is 0 Å². The third kappa shape index (κ3) is 7.43. The molecule has 10 heteroatoms. The first-order chi connectivity index (χ1) is 17.8. The van der Waals surface area contributed by atoms with Crippen molar-refractivity contribution in [1.82, 2.24) is 19.4 Å². The summed E-state index contributed by atoms with van der Waals surface area (Å²) in [4.78, 5) is 19.9. The molecule has 1 N–H and O–H groups in total. The SMILES string of the molecule is COc1cc(CN2CCN(C(C)=O)C[C@@](O)(COc3ccc(F)cc3)C2)ccc1OCCn1ccnc1. The molecule has 1 atom stereocenters. The first-order valence-corrected chi connectivity index (χ1v) is 12.2. The van der Waals surface area contributed by atoms with Crippen LogP contribution >= 0.6 is 0 Å². The van der Waals surface area contributed by atoms with Gasteiger partial charge in [0.25, 0.3) is 0 Å². The number of benzene rings is 2. The molecular formula is C27H33FN4O5.